The van der Waals surface area contributed by atoms with E-state index in [0.29, 0.717) is 5.69 Å². The largest absolute Gasteiger partial charge is 0.379 e. The Morgan fingerprint density at radius 2 is 1.91 bits per heavy atom. The number of nitro benzene ring substituents is 1. The van der Waals surface area contributed by atoms with Crippen molar-refractivity contribution < 1.29 is 14.1 Å². The van der Waals surface area contributed by atoms with E-state index in [0.717, 1.165) is 16.6 Å². The third kappa shape index (κ3) is 5.03. The molecule has 0 aliphatic heterocycles. The summed E-state index contributed by atoms with van der Waals surface area (Å²) in [4.78, 5) is 22.0. The van der Waals surface area contributed by atoms with Gasteiger partial charge in [-0.05, 0) is 36.4 Å². The molecule has 0 fully saturated rings. The fourth-order valence-corrected chi connectivity index (χ4v) is 2.14. The van der Waals surface area contributed by atoms with Gasteiger partial charge in [-0.2, -0.15) is 0 Å². The highest BCUT2D eigenvalue weighted by molar-refractivity contribution is 9.10. The van der Waals surface area contributed by atoms with Crippen molar-refractivity contribution in [3.05, 3.63) is 62.9 Å². The molecule has 0 aliphatic carbocycles. The molecule has 0 saturated carbocycles. The number of nitrogens with zero attached hydrogens (tertiary/aromatic N) is 1. The lowest BCUT2D eigenvalue weighted by Crippen LogP contribution is -2.16. The van der Waals surface area contributed by atoms with Crippen LogP contribution in [0.15, 0.2) is 46.9 Å². The second-order valence-electron chi connectivity index (χ2n) is 4.65. The predicted molar refractivity (Wildman–Crippen MR) is 88.9 cm³/mol. The topological polar surface area (TPSA) is 84.3 Å². The summed E-state index contributed by atoms with van der Waals surface area (Å²) in [5, 5.41) is 16.3. The lowest BCUT2D eigenvalue weighted by molar-refractivity contribution is -0.384. The number of nitro groups is 1. The van der Waals surface area contributed by atoms with Crippen LogP contribution in [0.4, 0.5) is 21.5 Å². The molecule has 120 valence electrons. The first kappa shape index (κ1) is 16.9. The van der Waals surface area contributed by atoms with E-state index in [2.05, 4.69) is 26.6 Å². The Balaban J connectivity index is 1.88. The zero-order valence-corrected chi connectivity index (χ0v) is 13.5. The third-order valence-electron chi connectivity index (χ3n) is 2.95. The second-order valence-corrected chi connectivity index (χ2v) is 5.57. The molecule has 1 amide bonds. The zero-order chi connectivity index (χ0) is 16.8. The van der Waals surface area contributed by atoms with Gasteiger partial charge in [0.1, 0.15) is 11.5 Å². The summed E-state index contributed by atoms with van der Waals surface area (Å²) in [6, 6.07) is 10.3. The van der Waals surface area contributed by atoms with Gasteiger partial charge in [-0.3, -0.25) is 14.9 Å². The molecule has 0 saturated heterocycles. The van der Waals surface area contributed by atoms with Crippen LogP contribution in [0.3, 0.4) is 0 Å². The Morgan fingerprint density at radius 3 is 2.57 bits per heavy atom. The molecule has 2 N–H and O–H groups in total. The van der Waals surface area contributed by atoms with Crippen molar-refractivity contribution in [1.29, 1.82) is 0 Å². The SMILES string of the molecule is O=C(CCNc1ccc(F)cc1[N+](=O)[O-])Nc1ccc(Br)cc1. The molecule has 2 rings (SSSR count). The first-order chi connectivity index (χ1) is 11.0. The molecule has 8 heteroatoms. The normalized spacial score (nSPS) is 10.2. The highest BCUT2D eigenvalue weighted by Crippen LogP contribution is 2.24. The van der Waals surface area contributed by atoms with Gasteiger partial charge in [0.2, 0.25) is 5.91 Å². The first-order valence-electron chi connectivity index (χ1n) is 6.69. The molecule has 0 heterocycles. The maximum atomic E-state index is 13.0. The number of nitrogens with one attached hydrogen (secondary N) is 2. The molecule has 6 nitrogen and oxygen atoms in total. The van der Waals surface area contributed by atoms with Gasteiger partial charge >= 0.3 is 0 Å². The van der Waals surface area contributed by atoms with Crippen LogP contribution in [0.5, 0.6) is 0 Å². The van der Waals surface area contributed by atoms with Crippen LogP contribution < -0.4 is 10.6 Å². The van der Waals surface area contributed by atoms with Gasteiger partial charge in [0, 0.05) is 23.1 Å². The number of rotatable bonds is 6. The molecule has 0 radical (unpaired) electrons. The number of benzene rings is 2. The molecule has 2 aromatic rings. The van der Waals surface area contributed by atoms with Gasteiger partial charge in [0.05, 0.1) is 11.0 Å². The number of anilines is 2. The standard InChI is InChI=1S/C15H13BrFN3O3/c16-10-1-4-12(5-2-10)19-15(21)7-8-18-13-6-3-11(17)9-14(13)20(22)23/h1-6,9,18H,7-8H2,(H,19,21). The van der Waals surface area contributed by atoms with Crippen LogP contribution in [0.2, 0.25) is 0 Å². The first-order valence-corrected chi connectivity index (χ1v) is 7.48. The Bertz CT molecular complexity index is 722. The summed E-state index contributed by atoms with van der Waals surface area (Å²) >= 11 is 3.30. The van der Waals surface area contributed by atoms with Gasteiger partial charge in [-0.25, -0.2) is 4.39 Å². The maximum Gasteiger partial charge on any atom is 0.295 e. The highest BCUT2D eigenvalue weighted by atomic mass is 79.9. The van der Waals surface area contributed by atoms with Crippen molar-refractivity contribution in [2.24, 2.45) is 0 Å². The van der Waals surface area contributed by atoms with Crippen molar-refractivity contribution >= 4 is 38.9 Å². The molecule has 0 unspecified atom stereocenters. The molecule has 0 bridgehead atoms. The van der Waals surface area contributed by atoms with Crippen molar-refractivity contribution in [2.75, 3.05) is 17.2 Å². The van der Waals surface area contributed by atoms with Gasteiger partial charge in [-0.15, -0.1) is 0 Å². The highest BCUT2D eigenvalue weighted by Gasteiger charge is 2.14. The van der Waals surface area contributed by atoms with Crippen LogP contribution in [0, 0.1) is 15.9 Å². The summed E-state index contributed by atoms with van der Waals surface area (Å²) in [6.07, 6.45) is 0.116. The van der Waals surface area contributed by atoms with Gasteiger partial charge in [0.15, 0.2) is 0 Å². The minimum absolute atomic E-state index is 0.116. The number of carbonyl (C=O) groups is 1. The monoisotopic (exact) mass is 381 g/mol. The summed E-state index contributed by atoms with van der Waals surface area (Å²) in [6.45, 7) is 0.189. The van der Waals surface area contributed by atoms with E-state index < -0.39 is 10.7 Å². The van der Waals surface area contributed by atoms with E-state index in [-0.39, 0.29) is 30.2 Å². The fourth-order valence-electron chi connectivity index (χ4n) is 1.87. The summed E-state index contributed by atoms with van der Waals surface area (Å²) in [7, 11) is 0. The smallest absolute Gasteiger partial charge is 0.295 e. The summed E-state index contributed by atoms with van der Waals surface area (Å²) < 4.78 is 13.9. The van der Waals surface area contributed by atoms with E-state index in [4.69, 9.17) is 0 Å². The van der Waals surface area contributed by atoms with Crippen molar-refractivity contribution in [3.63, 3.8) is 0 Å². The molecular formula is C15H13BrFN3O3. The Morgan fingerprint density at radius 1 is 1.22 bits per heavy atom. The minimum atomic E-state index is -0.685. The maximum absolute atomic E-state index is 13.0. The van der Waals surface area contributed by atoms with Crippen LogP contribution in [0.25, 0.3) is 0 Å². The second kappa shape index (κ2) is 7.68. The van der Waals surface area contributed by atoms with Crippen LogP contribution >= 0.6 is 15.9 Å². The van der Waals surface area contributed by atoms with Crippen LogP contribution in [0.1, 0.15) is 6.42 Å². The van der Waals surface area contributed by atoms with Gasteiger partial charge < -0.3 is 10.6 Å². The molecule has 0 spiro atoms. The van der Waals surface area contributed by atoms with Crippen molar-refractivity contribution in [1.82, 2.24) is 0 Å². The lowest BCUT2D eigenvalue weighted by atomic mass is 10.2. The quantitative estimate of drug-likeness (QED) is 0.586. The molecule has 23 heavy (non-hydrogen) atoms. The van der Waals surface area contributed by atoms with Gasteiger partial charge in [-0.1, -0.05) is 15.9 Å². The molecule has 2 aromatic carbocycles. The van der Waals surface area contributed by atoms with E-state index in [9.17, 15) is 19.3 Å². The Labute approximate surface area is 140 Å². The summed E-state index contributed by atoms with van der Waals surface area (Å²) in [5.74, 6) is -0.917. The minimum Gasteiger partial charge on any atom is -0.379 e. The number of hydrogen-bond donors (Lipinski definition) is 2. The Hall–Kier alpha value is -2.48. The predicted octanol–water partition coefficient (Wildman–Crippen LogP) is 3.94. The number of halogens is 2. The summed E-state index contributed by atoms with van der Waals surface area (Å²) in [5.41, 5.74) is 0.470. The third-order valence-corrected chi connectivity index (χ3v) is 3.48. The number of hydrogen-bond acceptors (Lipinski definition) is 4. The van der Waals surface area contributed by atoms with Crippen LogP contribution in [-0.2, 0) is 4.79 Å². The van der Waals surface area contributed by atoms with Crippen molar-refractivity contribution in [2.45, 2.75) is 6.42 Å². The average Bonchev–Trinajstić information content (AvgIpc) is 2.51. The molecule has 0 aliphatic rings. The van der Waals surface area contributed by atoms with Gasteiger partial charge in [0.25, 0.3) is 5.69 Å². The van der Waals surface area contributed by atoms with Crippen LogP contribution in [-0.4, -0.2) is 17.4 Å². The number of carbonyl (C=O) groups excluding carboxylic acids is 1. The Kier molecular flexibility index (Phi) is 5.64. The zero-order valence-electron chi connectivity index (χ0n) is 11.9. The molecule has 0 aromatic heterocycles. The number of amides is 1. The van der Waals surface area contributed by atoms with E-state index >= 15 is 0 Å². The average molecular weight is 382 g/mol. The van der Waals surface area contributed by atoms with E-state index in [1.807, 2.05) is 0 Å². The lowest BCUT2D eigenvalue weighted by Gasteiger charge is -2.08. The molecular weight excluding hydrogens is 369 g/mol. The fraction of sp³-hybridized carbons (Fsp3) is 0.133. The van der Waals surface area contributed by atoms with Crippen molar-refractivity contribution in [3.8, 4) is 0 Å². The van der Waals surface area contributed by atoms with E-state index in [1.54, 1.807) is 24.3 Å². The van der Waals surface area contributed by atoms with E-state index in [1.165, 1.54) is 6.07 Å². The molecule has 0 atom stereocenters.